The van der Waals surface area contributed by atoms with Crippen molar-refractivity contribution >= 4 is 15.9 Å². The second kappa shape index (κ2) is 9.66. The van der Waals surface area contributed by atoms with Gasteiger partial charge in [-0.15, -0.1) is 0 Å². The molecule has 0 radical (unpaired) electrons. The van der Waals surface area contributed by atoms with Crippen molar-refractivity contribution in [3.8, 4) is 0 Å². The molecule has 1 amide bonds. The Morgan fingerprint density at radius 3 is 2.62 bits per heavy atom. The van der Waals surface area contributed by atoms with Crippen LogP contribution in [0.15, 0.2) is 42.7 Å². The largest absolute Gasteiger partial charge is 0.390 e. The third-order valence-electron chi connectivity index (χ3n) is 6.17. The highest BCUT2D eigenvalue weighted by Crippen LogP contribution is 2.23. The molecule has 2 aliphatic rings. The van der Waals surface area contributed by atoms with Crippen LogP contribution >= 0.6 is 0 Å². The van der Waals surface area contributed by atoms with E-state index in [9.17, 15) is 18.3 Å². The van der Waals surface area contributed by atoms with Crippen LogP contribution in [0.4, 0.5) is 0 Å². The zero-order chi connectivity index (χ0) is 22.7. The van der Waals surface area contributed by atoms with E-state index < -0.39 is 16.1 Å². The summed E-state index contributed by atoms with van der Waals surface area (Å²) in [7, 11) is -3.16. The van der Waals surface area contributed by atoms with E-state index in [0.29, 0.717) is 31.6 Å². The third kappa shape index (κ3) is 5.72. The molecule has 2 N–H and O–H groups in total. The molecule has 1 fully saturated rings. The number of fused-ring (bicyclic) bond motifs is 1. The average molecular weight is 459 g/mol. The SMILES string of the molecule is CS(=O)(=O)N1CCC(Cc2cncc(C(=O)NC[C@H](O)CN3Cc4ccccc4C3)c2)C1. The fraction of sp³-hybridized carbons (Fsp3) is 0.478. The molecule has 32 heavy (non-hydrogen) atoms. The van der Waals surface area contributed by atoms with E-state index in [1.54, 1.807) is 12.3 Å². The number of sulfonamides is 1. The van der Waals surface area contributed by atoms with Gasteiger partial charge in [0.05, 0.1) is 17.9 Å². The Hall–Kier alpha value is -2.33. The fourth-order valence-electron chi connectivity index (χ4n) is 4.53. The molecule has 0 aliphatic carbocycles. The molecule has 172 valence electrons. The second-order valence-corrected chi connectivity index (χ2v) is 10.8. The van der Waals surface area contributed by atoms with Gasteiger partial charge in [0, 0.05) is 51.7 Å². The van der Waals surface area contributed by atoms with Crippen LogP contribution in [0.2, 0.25) is 0 Å². The van der Waals surface area contributed by atoms with Crippen molar-refractivity contribution in [1.82, 2.24) is 19.5 Å². The summed E-state index contributed by atoms with van der Waals surface area (Å²) in [4.78, 5) is 18.9. The van der Waals surface area contributed by atoms with E-state index in [-0.39, 0.29) is 18.4 Å². The Bertz CT molecular complexity index is 1050. The molecule has 2 aromatic rings. The summed E-state index contributed by atoms with van der Waals surface area (Å²) < 4.78 is 24.9. The van der Waals surface area contributed by atoms with Gasteiger partial charge < -0.3 is 10.4 Å². The summed E-state index contributed by atoms with van der Waals surface area (Å²) in [5.41, 5.74) is 3.93. The second-order valence-electron chi connectivity index (χ2n) is 8.86. The number of β-amino-alcohol motifs (C(OH)–C–C–N with tert-alkyl or cyclic N) is 1. The minimum absolute atomic E-state index is 0.169. The van der Waals surface area contributed by atoms with Gasteiger partial charge in [-0.05, 0) is 41.5 Å². The van der Waals surface area contributed by atoms with Crippen LogP contribution in [0.1, 0.15) is 33.5 Å². The van der Waals surface area contributed by atoms with Gasteiger partial charge in [0.2, 0.25) is 10.0 Å². The molecule has 9 heteroatoms. The predicted molar refractivity (Wildman–Crippen MR) is 121 cm³/mol. The number of hydrogen-bond acceptors (Lipinski definition) is 6. The predicted octanol–water partition coefficient (Wildman–Crippen LogP) is 1.01. The van der Waals surface area contributed by atoms with Crippen LogP contribution in [0.5, 0.6) is 0 Å². The number of aromatic nitrogens is 1. The number of nitrogens with one attached hydrogen (secondary N) is 1. The lowest BCUT2D eigenvalue weighted by Gasteiger charge is -2.19. The molecule has 0 bridgehead atoms. The van der Waals surface area contributed by atoms with Crippen molar-refractivity contribution in [2.24, 2.45) is 5.92 Å². The van der Waals surface area contributed by atoms with Gasteiger partial charge in [-0.3, -0.25) is 14.7 Å². The summed E-state index contributed by atoms with van der Waals surface area (Å²) in [6.07, 6.45) is 5.29. The standard InChI is InChI=1S/C23H30N4O4S/c1-32(30,31)27-7-6-17(13-27)8-18-9-21(11-24-10-18)23(29)25-12-22(28)16-26-14-19-4-2-3-5-20(19)15-26/h2-5,9-11,17,22,28H,6-8,12-16H2,1H3,(H,25,29)/t17?,22-/m0/s1. The van der Waals surface area contributed by atoms with Crippen LogP contribution in [0.3, 0.4) is 0 Å². The normalized spacial score (nSPS) is 20.2. The van der Waals surface area contributed by atoms with E-state index in [4.69, 9.17) is 0 Å². The molecule has 8 nitrogen and oxygen atoms in total. The Kier molecular flexibility index (Phi) is 6.90. The molecular formula is C23H30N4O4S. The van der Waals surface area contributed by atoms with E-state index >= 15 is 0 Å². The average Bonchev–Trinajstić information content (AvgIpc) is 3.38. The van der Waals surface area contributed by atoms with Crippen LogP contribution in [0.25, 0.3) is 0 Å². The van der Waals surface area contributed by atoms with Gasteiger partial charge in [0.15, 0.2) is 0 Å². The van der Waals surface area contributed by atoms with Crippen LogP contribution in [-0.2, 0) is 29.5 Å². The maximum absolute atomic E-state index is 12.6. The van der Waals surface area contributed by atoms with Gasteiger partial charge in [-0.2, -0.15) is 0 Å². The molecule has 0 saturated carbocycles. The van der Waals surface area contributed by atoms with E-state index in [2.05, 4.69) is 27.3 Å². The maximum Gasteiger partial charge on any atom is 0.252 e. The highest BCUT2D eigenvalue weighted by atomic mass is 32.2. The zero-order valence-electron chi connectivity index (χ0n) is 18.3. The number of pyridine rings is 1. The third-order valence-corrected chi connectivity index (χ3v) is 7.44. The van der Waals surface area contributed by atoms with Crippen molar-refractivity contribution in [2.45, 2.75) is 32.0 Å². The van der Waals surface area contributed by atoms with Gasteiger partial charge in [0.25, 0.3) is 5.91 Å². The molecule has 1 aromatic heterocycles. The highest BCUT2D eigenvalue weighted by Gasteiger charge is 2.28. The van der Waals surface area contributed by atoms with Crippen LogP contribution < -0.4 is 5.32 Å². The van der Waals surface area contributed by atoms with Gasteiger partial charge in [-0.25, -0.2) is 12.7 Å². The van der Waals surface area contributed by atoms with Gasteiger partial charge in [-0.1, -0.05) is 24.3 Å². The van der Waals surface area contributed by atoms with E-state index in [1.807, 2.05) is 12.1 Å². The Balaban J connectivity index is 1.25. The molecule has 1 unspecified atom stereocenters. The van der Waals surface area contributed by atoms with Crippen molar-refractivity contribution in [3.63, 3.8) is 0 Å². The number of aliphatic hydroxyl groups is 1. The number of carbonyl (C=O) groups excluding carboxylic acids is 1. The number of aliphatic hydroxyl groups excluding tert-OH is 1. The minimum Gasteiger partial charge on any atom is -0.390 e. The zero-order valence-corrected chi connectivity index (χ0v) is 19.1. The minimum atomic E-state index is -3.16. The maximum atomic E-state index is 12.6. The van der Waals surface area contributed by atoms with E-state index in [1.165, 1.54) is 27.9 Å². The number of benzene rings is 1. The number of rotatable bonds is 8. The Labute approximate surface area is 189 Å². The first-order valence-corrected chi connectivity index (χ1v) is 12.8. The topological polar surface area (TPSA) is 103 Å². The van der Waals surface area contributed by atoms with Crippen molar-refractivity contribution in [1.29, 1.82) is 0 Å². The number of nitrogens with zero attached hydrogens (tertiary/aromatic N) is 3. The summed E-state index contributed by atoms with van der Waals surface area (Å²) in [5.74, 6) is -0.0523. The highest BCUT2D eigenvalue weighted by molar-refractivity contribution is 7.88. The Morgan fingerprint density at radius 1 is 1.25 bits per heavy atom. The first-order chi connectivity index (χ1) is 15.3. The van der Waals surface area contributed by atoms with Gasteiger partial charge >= 0.3 is 0 Å². The monoisotopic (exact) mass is 458 g/mol. The molecule has 2 atom stereocenters. The molecule has 1 saturated heterocycles. The van der Waals surface area contributed by atoms with Crippen molar-refractivity contribution in [3.05, 3.63) is 65.0 Å². The Morgan fingerprint density at radius 2 is 1.97 bits per heavy atom. The molecule has 2 aliphatic heterocycles. The van der Waals surface area contributed by atoms with Crippen molar-refractivity contribution < 1.29 is 18.3 Å². The summed E-state index contributed by atoms with van der Waals surface area (Å²) in [5, 5.41) is 13.2. The molecule has 4 rings (SSSR count). The lowest BCUT2D eigenvalue weighted by molar-refractivity contribution is 0.0855. The summed E-state index contributed by atoms with van der Waals surface area (Å²) >= 11 is 0. The fourth-order valence-corrected chi connectivity index (χ4v) is 5.45. The quantitative estimate of drug-likeness (QED) is 0.612. The smallest absolute Gasteiger partial charge is 0.252 e. The lowest BCUT2D eigenvalue weighted by atomic mass is 9.99. The first kappa shape index (κ1) is 22.8. The van der Waals surface area contributed by atoms with Crippen molar-refractivity contribution in [2.75, 3.05) is 32.4 Å². The van der Waals surface area contributed by atoms with E-state index in [0.717, 1.165) is 25.1 Å². The summed E-state index contributed by atoms with van der Waals surface area (Å²) in [6.45, 7) is 3.32. The number of hydrogen-bond donors (Lipinski definition) is 2. The number of carbonyl (C=O) groups is 1. The molecule has 3 heterocycles. The van der Waals surface area contributed by atoms with Crippen LogP contribution in [-0.4, -0.2) is 72.2 Å². The molecular weight excluding hydrogens is 428 g/mol. The first-order valence-electron chi connectivity index (χ1n) is 10.9. The molecule has 1 aromatic carbocycles. The molecule has 0 spiro atoms. The summed E-state index contributed by atoms with van der Waals surface area (Å²) in [6, 6.07) is 10.1. The van der Waals surface area contributed by atoms with Crippen LogP contribution in [0, 0.1) is 5.92 Å². The lowest BCUT2D eigenvalue weighted by Crippen LogP contribution is -2.38. The van der Waals surface area contributed by atoms with Gasteiger partial charge in [0.1, 0.15) is 0 Å². The number of amides is 1.